The van der Waals surface area contributed by atoms with Gasteiger partial charge in [0.15, 0.2) is 6.10 Å². The number of hydrogen-bond acceptors (Lipinski definition) is 3. The summed E-state index contributed by atoms with van der Waals surface area (Å²) in [6, 6.07) is 7.61. The van der Waals surface area contributed by atoms with Crippen LogP contribution in [0.15, 0.2) is 24.3 Å². The maximum atomic E-state index is 12.3. The van der Waals surface area contributed by atoms with Crippen molar-refractivity contribution in [3.63, 3.8) is 0 Å². The second-order valence-corrected chi connectivity index (χ2v) is 6.29. The molecule has 1 aliphatic rings. The molecule has 0 bridgehead atoms. The molecule has 1 unspecified atom stereocenters. The first kappa shape index (κ1) is 16.1. The average molecular weight is 402 g/mol. The van der Waals surface area contributed by atoms with E-state index in [2.05, 4.69) is 22.6 Å². The van der Waals surface area contributed by atoms with E-state index in [1.807, 2.05) is 24.3 Å². The summed E-state index contributed by atoms with van der Waals surface area (Å²) in [5.41, 5.74) is 0. The van der Waals surface area contributed by atoms with E-state index in [0.29, 0.717) is 31.9 Å². The third-order valence-corrected chi connectivity index (χ3v) is 4.23. The van der Waals surface area contributed by atoms with E-state index in [1.165, 1.54) is 0 Å². The molecule has 0 spiro atoms. The van der Waals surface area contributed by atoms with E-state index >= 15 is 0 Å². The lowest BCUT2D eigenvalue weighted by molar-refractivity contribution is -0.143. The van der Waals surface area contributed by atoms with E-state index in [4.69, 9.17) is 4.74 Å². The van der Waals surface area contributed by atoms with Gasteiger partial charge in [-0.05, 0) is 53.8 Å². The third-order valence-electron chi connectivity index (χ3n) is 3.51. The van der Waals surface area contributed by atoms with Crippen molar-refractivity contribution in [1.82, 2.24) is 9.80 Å². The number of halogens is 1. The van der Waals surface area contributed by atoms with Crippen LogP contribution in [0.4, 0.5) is 0 Å². The van der Waals surface area contributed by atoms with Gasteiger partial charge < -0.3 is 14.5 Å². The van der Waals surface area contributed by atoms with Crippen molar-refractivity contribution in [3.05, 3.63) is 27.8 Å². The summed E-state index contributed by atoms with van der Waals surface area (Å²) >= 11 is 2.22. The van der Waals surface area contributed by atoms with Gasteiger partial charge in [0.2, 0.25) is 5.91 Å². The summed E-state index contributed by atoms with van der Waals surface area (Å²) in [7, 11) is 0. The van der Waals surface area contributed by atoms with Crippen LogP contribution in [0.2, 0.25) is 0 Å². The summed E-state index contributed by atoms with van der Waals surface area (Å²) in [4.78, 5) is 27.1. The molecule has 0 aromatic heterocycles. The normalized spacial score (nSPS) is 16.5. The number of carbonyl (C=O) groups is 2. The first-order valence-corrected chi connectivity index (χ1v) is 8.02. The fourth-order valence-electron chi connectivity index (χ4n) is 2.27. The average Bonchev–Trinajstić information content (AvgIpc) is 2.49. The predicted octanol–water partition coefficient (Wildman–Crippen LogP) is 1.75. The standard InChI is InChI=1S/C15H19IN2O3/c1-11(21-14-5-3-13(16)4-6-14)15(20)18-9-7-17(8-10-18)12(2)19/h3-6,11H,7-10H2,1-2H3. The Morgan fingerprint density at radius 3 is 2.14 bits per heavy atom. The third kappa shape index (κ3) is 4.33. The number of hydrogen-bond donors (Lipinski definition) is 0. The zero-order chi connectivity index (χ0) is 15.4. The second kappa shape index (κ2) is 7.11. The number of amides is 2. The van der Waals surface area contributed by atoms with Gasteiger partial charge >= 0.3 is 0 Å². The highest BCUT2D eigenvalue weighted by atomic mass is 127. The van der Waals surface area contributed by atoms with Crippen LogP contribution in [0.3, 0.4) is 0 Å². The van der Waals surface area contributed by atoms with Crippen LogP contribution < -0.4 is 4.74 Å². The van der Waals surface area contributed by atoms with Crippen LogP contribution in [0.25, 0.3) is 0 Å². The molecule has 6 heteroatoms. The van der Waals surface area contributed by atoms with Crippen molar-refractivity contribution in [3.8, 4) is 5.75 Å². The Morgan fingerprint density at radius 1 is 1.10 bits per heavy atom. The monoisotopic (exact) mass is 402 g/mol. The second-order valence-electron chi connectivity index (χ2n) is 5.05. The van der Waals surface area contributed by atoms with Gasteiger partial charge in [-0.3, -0.25) is 9.59 Å². The molecule has 2 rings (SSSR count). The quantitative estimate of drug-likeness (QED) is 0.725. The number of piperazine rings is 1. The van der Waals surface area contributed by atoms with E-state index in [-0.39, 0.29) is 11.8 Å². The zero-order valence-corrected chi connectivity index (χ0v) is 14.4. The Morgan fingerprint density at radius 2 is 1.62 bits per heavy atom. The van der Waals surface area contributed by atoms with Gasteiger partial charge in [-0.25, -0.2) is 0 Å². The number of ether oxygens (including phenoxy) is 1. The molecule has 0 N–H and O–H groups in total. The fraction of sp³-hybridized carbons (Fsp3) is 0.467. The molecule has 21 heavy (non-hydrogen) atoms. The molecule has 0 radical (unpaired) electrons. The molecule has 1 atom stereocenters. The van der Waals surface area contributed by atoms with Gasteiger partial charge in [-0.2, -0.15) is 0 Å². The summed E-state index contributed by atoms with van der Waals surface area (Å²) in [6.45, 7) is 5.64. The number of nitrogens with zero attached hydrogens (tertiary/aromatic N) is 2. The summed E-state index contributed by atoms with van der Waals surface area (Å²) in [6.07, 6.45) is -0.520. The molecule has 1 aromatic rings. The Hall–Kier alpha value is -1.31. The lowest BCUT2D eigenvalue weighted by atomic mass is 10.2. The van der Waals surface area contributed by atoms with Gasteiger partial charge in [0.05, 0.1) is 0 Å². The highest BCUT2D eigenvalue weighted by molar-refractivity contribution is 14.1. The maximum absolute atomic E-state index is 12.3. The van der Waals surface area contributed by atoms with Crippen molar-refractivity contribution in [2.45, 2.75) is 20.0 Å². The molecule has 114 valence electrons. The van der Waals surface area contributed by atoms with Crippen molar-refractivity contribution < 1.29 is 14.3 Å². The topological polar surface area (TPSA) is 49.9 Å². The molecule has 1 fully saturated rings. The fourth-order valence-corrected chi connectivity index (χ4v) is 2.63. The van der Waals surface area contributed by atoms with Crippen LogP contribution in [0.1, 0.15) is 13.8 Å². The number of carbonyl (C=O) groups excluding carboxylic acids is 2. The number of benzene rings is 1. The van der Waals surface area contributed by atoms with Crippen LogP contribution >= 0.6 is 22.6 Å². The summed E-state index contributed by atoms with van der Waals surface area (Å²) in [5, 5.41) is 0. The minimum atomic E-state index is -0.520. The van der Waals surface area contributed by atoms with Crippen LogP contribution in [0.5, 0.6) is 5.75 Å². The van der Waals surface area contributed by atoms with Gasteiger partial charge in [0, 0.05) is 36.7 Å². The molecule has 5 nitrogen and oxygen atoms in total. The SMILES string of the molecule is CC(=O)N1CCN(C(=O)C(C)Oc2ccc(I)cc2)CC1. The van der Waals surface area contributed by atoms with Crippen molar-refractivity contribution in [2.75, 3.05) is 26.2 Å². The van der Waals surface area contributed by atoms with Crippen molar-refractivity contribution >= 4 is 34.4 Å². The van der Waals surface area contributed by atoms with Crippen LogP contribution in [0, 0.1) is 3.57 Å². The minimum absolute atomic E-state index is 0.0308. The lowest BCUT2D eigenvalue weighted by Crippen LogP contribution is -2.52. The Kier molecular flexibility index (Phi) is 5.44. The van der Waals surface area contributed by atoms with E-state index in [0.717, 1.165) is 3.57 Å². The first-order chi connectivity index (χ1) is 9.97. The highest BCUT2D eigenvalue weighted by Gasteiger charge is 2.26. The summed E-state index contributed by atoms with van der Waals surface area (Å²) in [5.74, 6) is 0.723. The van der Waals surface area contributed by atoms with E-state index in [9.17, 15) is 9.59 Å². The van der Waals surface area contributed by atoms with Gasteiger partial charge in [-0.1, -0.05) is 0 Å². The van der Waals surface area contributed by atoms with Crippen LogP contribution in [-0.4, -0.2) is 53.9 Å². The van der Waals surface area contributed by atoms with Gasteiger partial charge in [0.25, 0.3) is 5.91 Å². The predicted molar refractivity (Wildman–Crippen MR) is 88.1 cm³/mol. The van der Waals surface area contributed by atoms with Gasteiger partial charge in [0.1, 0.15) is 5.75 Å². The Balaban J connectivity index is 1.88. The van der Waals surface area contributed by atoms with Crippen molar-refractivity contribution in [1.29, 1.82) is 0 Å². The molecule has 0 aliphatic carbocycles. The molecule has 1 saturated heterocycles. The minimum Gasteiger partial charge on any atom is -0.481 e. The molecule has 1 heterocycles. The Labute approximate surface area is 138 Å². The van der Waals surface area contributed by atoms with E-state index in [1.54, 1.807) is 23.6 Å². The Bertz CT molecular complexity index is 510. The first-order valence-electron chi connectivity index (χ1n) is 6.94. The molecule has 0 saturated carbocycles. The summed E-state index contributed by atoms with van der Waals surface area (Å²) < 4.78 is 6.81. The highest BCUT2D eigenvalue weighted by Crippen LogP contribution is 2.16. The van der Waals surface area contributed by atoms with Crippen molar-refractivity contribution in [2.24, 2.45) is 0 Å². The van der Waals surface area contributed by atoms with Crippen LogP contribution in [-0.2, 0) is 9.59 Å². The molecule has 1 aliphatic heterocycles. The molecular weight excluding hydrogens is 383 g/mol. The molecule has 2 amide bonds. The smallest absolute Gasteiger partial charge is 0.263 e. The molecule has 1 aromatic carbocycles. The lowest BCUT2D eigenvalue weighted by Gasteiger charge is -2.35. The van der Waals surface area contributed by atoms with E-state index < -0.39 is 6.10 Å². The maximum Gasteiger partial charge on any atom is 0.263 e. The zero-order valence-electron chi connectivity index (χ0n) is 12.2. The number of rotatable bonds is 3. The van der Waals surface area contributed by atoms with Gasteiger partial charge in [-0.15, -0.1) is 0 Å². The molecular formula is C15H19IN2O3. The largest absolute Gasteiger partial charge is 0.481 e.